The van der Waals surface area contributed by atoms with E-state index in [9.17, 15) is 0 Å². The van der Waals surface area contributed by atoms with Gasteiger partial charge in [-0.2, -0.15) is 9.59 Å². The highest BCUT2D eigenvalue weighted by molar-refractivity contribution is 5.38. The summed E-state index contributed by atoms with van der Waals surface area (Å²) in [5, 5.41) is 0. The molecule has 1 aliphatic heterocycles. The number of aryl methyl sites for hydroxylation is 1. The van der Waals surface area contributed by atoms with Crippen LogP contribution in [0.4, 0.5) is 5.82 Å². The summed E-state index contributed by atoms with van der Waals surface area (Å²) < 4.78 is 0. The minimum absolute atomic E-state index is 0.250. The third kappa shape index (κ3) is 3.91. The van der Waals surface area contributed by atoms with E-state index in [0.717, 1.165) is 31.1 Å². The van der Waals surface area contributed by atoms with E-state index in [1.165, 1.54) is 0 Å². The maximum Gasteiger partial charge on any atom is 0.373 e. The van der Waals surface area contributed by atoms with E-state index in [2.05, 4.69) is 33.7 Å². The van der Waals surface area contributed by atoms with Gasteiger partial charge in [-0.05, 0) is 20.9 Å². The lowest BCUT2D eigenvalue weighted by Crippen LogP contribution is -2.50. The number of piperazine rings is 1. The minimum Gasteiger partial charge on any atom is -0.350 e. The predicted octanol–water partition coefficient (Wildman–Crippen LogP) is 0.342. The second-order valence-electron chi connectivity index (χ2n) is 4.40. The molecule has 0 saturated carbocycles. The first-order chi connectivity index (χ1) is 8.58. The van der Waals surface area contributed by atoms with Crippen LogP contribution >= 0.6 is 0 Å². The highest BCUT2D eigenvalue weighted by Gasteiger charge is 2.22. The highest BCUT2D eigenvalue weighted by atomic mass is 16.2. The van der Waals surface area contributed by atoms with Gasteiger partial charge in [0, 0.05) is 25.7 Å². The summed E-state index contributed by atoms with van der Waals surface area (Å²) in [6, 6.07) is 0.515. The van der Waals surface area contributed by atoms with Gasteiger partial charge in [0.1, 0.15) is 5.82 Å². The molecule has 0 unspecified atom stereocenters. The molecule has 6 heteroatoms. The van der Waals surface area contributed by atoms with E-state index in [-0.39, 0.29) is 6.15 Å². The molecular weight excluding hydrogens is 232 g/mol. The molecule has 0 aliphatic carbocycles. The highest BCUT2D eigenvalue weighted by Crippen LogP contribution is 2.16. The van der Waals surface area contributed by atoms with Crippen molar-refractivity contribution in [2.75, 3.05) is 31.6 Å². The average Bonchev–Trinajstić information content (AvgIpc) is 2.32. The van der Waals surface area contributed by atoms with E-state index < -0.39 is 0 Å². The van der Waals surface area contributed by atoms with E-state index in [0.29, 0.717) is 6.04 Å². The van der Waals surface area contributed by atoms with E-state index in [1.807, 2.05) is 19.3 Å². The van der Waals surface area contributed by atoms with Gasteiger partial charge in [0.2, 0.25) is 0 Å². The zero-order valence-corrected chi connectivity index (χ0v) is 11.0. The van der Waals surface area contributed by atoms with Gasteiger partial charge < -0.3 is 9.80 Å². The molecule has 0 radical (unpaired) electrons. The Morgan fingerprint density at radius 3 is 2.44 bits per heavy atom. The Bertz CT molecular complexity index is 401. The molecule has 1 aromatic rings. The third-order valence-corrected chi connectivity index (χ3v) is 2.89. The number of hydrogen-bond donors (Lipinski definition) is 0. The Labute approximate surface area is 107 Å². The minimum atomic E-state index is 0.250. The molecule has 2 rings (SSSR count). The normalized spacial score (nSPS) is 19.7. The summed E-state index contributed by atoms with van der Waals surface area (Å²) in [5.74, 6) is 1.00. The van der Waals surface area contributed by atoms with Crippen LogP contribution in [0.5, 0.6) is 0 Å². The Morgan fingerprint density at radius 1 is 1.28 bits per heavy atom. The fourth-order valence-corrected chi connectivity index (χ4v) is 2.01. The monoisotopic (exact) mass is 250 g/mol. The summed E-state index contributed by atoms with van der Waals surface area (Å²) in [6.45, 7) is 7.42. The van der Waals surface area contributed by atoms with Crippen LogP contribution in [0.1, 0.15) is 12.6 Å². The number of rotatable bonds is 1. The van der Waals surface area contributed by atoms with Crippen LogP contribution in [0.3, 0.4) is 0 Å². The van der Waals surface area contributed by atoms with Crippen LogP contribution in [-0.4, -0.2) is 53.7 Å². The molecular formula is C12H18N4O2. The molecule has 0 spiro atoms. The topological polar surface area (TPSA) is 66.4 Å². The smallest absolute Gasteiger partial charge is 0.350 e. The zero-order valence-electron chi connectivity index (χ0n) is 11.0. The second-order valence-corrected chi connectivity index (χ2v) is 4.40. The molecule has 1 aliphatic rings. The molecule has 0 bridgehead atoms. The van der Waals surface area contributed by atoms with E-state index in [4.69, 9.17) is 9.59 Å². The maximum atomic E-state index is 8.12. The summed E-state index contributed by atoms with van der Waals surface area (Å²) in [5.41, 5.74) is 0.973. The maximum absolute atomic E-state index is 8.12. The summed E-state index contributed by atoms with van der Waals surface area (Å²) in [6.07, 6.45) is 3.96. The summed E-state index contributed by atoms with van der Waals surface area (Å²) in [7, 11) is 2.16. The number of likely N-dealkylation sites (N-methyl/N-ethyl adjacent to an activating group) is 1. The van der Waals surface area contributed by atoms with Crippen LogP contribution in [0.15, 0.2) is 12.4 Å². The second kappa shape index (κ2) is 6.83. The van der Waals surface area contributed by atoms with Crippen LogP contribution < -0.4 is 4.90 Å². The van der Waals surface area contributed by atoms with Crippen molar-refractivity contribution in [1.82, 2.24) is 14.9 Å². The SMILES string of the molecule is Cc1cnc(N2CCN(C)C[C@H]2C)cn1.O=C=O. The summed E-state index contributed by atoms with van der Waals surface area (Å²) >= 11 is 0. The van der Waals surface area contributed by atoms with Crippen molar-refractivity contribution in [2.45, 2.75) is 19.9 Å². The number of nitrogens with zero attached hydrogens (tertiary/aromatic N) is 4. The van der Waals surface area contributed by atoms with Crippen molar-refractivity contribution in [3.05, 3.63) is 18.1 Å². The van der Waals surface area contributed by atoms with Gasteiger partial charge in [-0.15, -0.1) is 0 Å². The fraction of sp³-hybridized carbons (Fsp3) is 0.583. The molecule has 2 heterocycles. The number of aromatic nitrogens is 2. The van der Waals surface area contributed by atoms with Gasteiger partial charge in [0.15, 0.2) is 0 Å². The Hall–Kier alpha value is -1.78. The average molecular weight is 250 g/mol. The molecule has 0 amide bonds. The molecule has 1 saturated heterocycles. The molecule has 1 aromatic heterocycles. The van der Waals surface area contributed by atoms with E-state index in [1.54, 1.807) is 0 Å². The van der Waals surface area contributed by atoms with Crippen molar-refractivity contribution >= 4 is 12.0 Å². The van der Waals surface area contributed by atoms with Gasteiger partial charge in [0.25, 0.3) is 0 Å². The van der Waals surface area contributed by atoms with Crippen molar-refractivity contribution < 1.29 is 9.59 Å². The molecule has 6 nitrogen and oxygen atoms in total. The van der Waals surface area contributed by atoms with E-state index >= 15 is 0 Å². The van der Waals surface area contributed by atoms with Crippen LogP contribution in [-0.2, 0) is 9.59 Å². The zero-order chi connectivity index (χ0) is 13.5. The molecule has 1 fully saturated rings. The van der Waals surface area contributed by atoms with Crippen LogP contribution in [0.2, 0.25) is 0 Å². The largest absolute Gasteiger partial charge is 0.373 e. The van der Waals surface area contributed by atoms with Crippen molar-refractivity contribution in [3.8, 4) is 0 Å². The Kier molecular flexibility index (Phi) is 5.42. The molecule has 0 aromatic carbocycles. The third-order valence-electron chi connectivity index (χ3n) is 2.89. The number of carbonyl (C=O) groups excluding carboxylic acids is 2. The first-order valence-corrected chi connectivity index (χ1v) is 5.81. The molecule has 98 valence electrons. The predicted molar refractivity (Wildman–Crippen MR) is 66.1 cm³/mol. The van der Waals surface area contributed by atoms with Gasteiger partial charge in [-0.25, -0.2) is 4.98 Å². The number of hydrogen-bond acceptors (Lipinski definition) is 6. The van der Waals surface area contributed by atoms with Crippen LogP contribution in [0, 0.1) is 6.92 Å². The lowest BCUT2D eigenvalue weighted by atomic mass is 10.2. The van der Waals surface area contributed by atoms with Gasteiger partial charge in [0.05, 0.1) is 18.1 Å². The summed E-state index contributed by atoms with van der Waals surface area (Å²) in [4.78, 5) is 29.6. The van der Waals surface area contributed by atoms with Gasteiger partial charge in [-0.1, -0.05) is 0 Å². The Morgan fingerprint density at radius 2 is 1.94 bits per heavy atom. The molecule has 1 atom stereocenters. The van der Waals surface area contributed by atoms with Crippen molar-refractivity contribution in [2.24, 2.45) is 0 Å². The van der Waals surface area contributed by atoms with Gasteiger partial charge in [-0.3, -0.25) is 4.98 Å². The first kappa shape index (κ1) is 14.3. The Balaban J connectivity index is 0.000000492. The van der Waals surface area contributed by atoms with Gasteiger partial charge >= 0.3 is 6.15 Å². The molecule has 0 N–H and O–H groups in total. The van der Waals surface area contributed by atoms with Crippen LogP contribution in [0.25, 0.3) is 0 Å². The van der Waals surface area contributed by atoms with Crippen molar-refractivity contribution in [3.63, 3.8) is 0 Å². The first-order valence-electron chi connectivity index (χ1n) is 5.81. The molecule has 18 heavy (non-hydrogen) atoms. The lowest BCUT2D eigenvalue weighted by Gasteiger charge is -2.38. The quantitative estimate of drug-likeness (QED) is 0.716. The standard InChI is InChI=1S/C11H18N4.CO2/c1-9-6-13-11(7-12-9)15-5-4-14(3)8-10(15)2;2-1-3/h6-7,10H,4-5,8H2,1-3H3;/t10-;/m1./s1. The lowest BCUT2D eigenvalue weighted by molar-refractivity contribution is -0.191. The fourth-order valence-electron chi connectivity index (χ4n) is 2.01. The number of anilines is 1. The van der Waals surface area contributed by atoms with Crippen molar-refractivity contribution in [1.29, 1.82) is 0 Å².